The van der Waals surface area contributed by atoms with E-state index in [1.165, 1.54) is 0 Å². The van der Waals surface area contributed by atoms with E-state index in [0.29, 0.717) is 6.61 Å². The second-order valence-corrected chi connectivity index (χ2v) is 4.57. The summed E-state index contributed by atoms with van der Waals surface area (Å²) in [4.78, 5) is 12.8. The molecule has 1 aliphatic rings. The van der Waals surface area contributed by atoms with Crippen LogP contribution in [0.5, 0.6) is 0 Å². The third-order valence-electron chi connectivity index (χ3n) is 2.80. The Morgan fingerprint density at radius 2 is 1.67 bits per heavy atom. The van der Waals surface area contributed by atoms with Gasteiger partial charge in [0.25, 0.3) is 0 Å². The molecule has 0 unspecified atom stereocenters. The minimum absolute atomic E-state index is 0.487. The van der Waals surface area contributed by atoms with Gasteiger partial charge < -0.3 is 4.74 Å². The van der Waals surface area contributed by atoms with Crippen LogP contribution in [0.2, 0.25) is 0 Å². The number of allylic oxidation sites excluding steroid dienone is 6. The Hall–Kier alpha value is -3.27. The van der Waals surface area contributed by atoms with Gasteiger partial charge >= 0.3 is 0 Å². The van der Waals surface area contributed by atoms with Gasteiger partial charge in [0.15, 0.2) is 0 Å². The third kappa shape index (κ3) is 7.13. The zero-order chi connectivity index (χ0) is 16.7. The summed E-state index contributed by atoms with van der Waals surface area (Å²) in [6, 6.07) is 7.83. The molecule has 0 saturated carbocycles. The summed E-state index contributed by atoms with van der Waals surface area (Å²) in [5, 5.41) is 0. The fraction of sp³-hybridized carbons (Fsp3) is 0.0500. The van der Waals surface area contributed by atoms with Gasteiger partial charge in [-0.3, -0.25) is 15.0 Å². The highest BCUT2D eigenvalue weighted by molar-refractivity contribution is 5.88. The maximum Gasteiger partial charge on any atom is 0.106 e. The zero-order valence-electron chi connectivity index (χ0n) is 13.3. The van der Waals surface area contributed by atoms with Gasteiger partial charge in [-0.1, -0.05) is 24.3 Å². The van der Waals surface area contributed by atoms with Crippen LogP contribution in [0, 0.1) is 0 Å². The van der Waals surface area contributed by atoms with Crippen molar-refractivity contribution < 1.29 is 4.74 Å². The van der Waals surface area contributed by atoms with E-state index in [1.54, 1.807) is 43.4 Å². The fourth-order valence-corrected chi connectivity index (χ4v) is 1.70. The summed E-state index contributed by atoms with van der Waals surface area (Å²) in [5.41, 5.74) is 1.81. The quantitative estimate of drug-likeness (QED) is 0.691. The Kier molecular flexibility index (Phi) is 8.06. The van der Waals surface area contributed by atoms with E-state index in [2.05, 4.69) is 15.0 Å². The van der Waals surface area contributed by atoms with Crippen molar-refractivity contribution in [3.05, 3.63) is 91.0 Å². The molecule has 0 bridgehead atoms. The molecule has 1 aromatic rings. The fourth-order valence-electron chi connectivity index (χ4n) is 1.70. The van der Waals surface area contributed by atoms with Crippen LogP contribution in [0.25, 0.3) is 0 Å². The largest absolute Gasteiger partial charge is 0.497 e. The van der Waals surface area contributed by atoms with Crippen LogP contribution < -0.4 is 0 Å². The van der Waals surface area contributed by atoms with E-state index in [0.717, 1.165) is 11.3 Å². The van der Waals surface area contributed by atoms with E-state index in [-0.39, 0.29) is 0 Å². The summed E-state index contributed by atoms with van der Waals surface area (Å²) in [7, 11) is 0. The van der Waals surface area contributed by atoms with Crippen LogP contribution in [-0.2, 0) is 4.74 Å². The lowest BCUT2D eigenvalue weighted by molar-refractivity contribution is 0.290. The van der Waals surface area contributed by atoms with Crippen LogP contribution in [0.3, 0.4) is 0 Å². The molecule has 120 valence electrons. The van der Waals surface area contributed by atoms with Gasteiger partial charge in [-0.05, 0) is 42.5 Å². The molecule has 0 aliphatic carbocycles. The van der Waals surface area contributed by atoms with Gasteiger partial charge in [0, 0.05) is 36.6 Å². The molecular formula is C20H19N3O. The smallest absolute Gasteiger partial charge is 0.106 e. The molecule has 0 amide bonds. The monoisotopic (exact) mass is 317 g/mol. The molecule has 1 aromatic carbocycles. The number of hydrogen-bond donors (Lipinski definition) is 0. The number of rotatable bonds is 0. The summed E-state index contributed by atoms with van der Waals surface area (Å²) in [6.07, 6.45) is 23.1. The van der Waals surface area contributed by atoms with Gasteiger partial charge in [0.1, 0.15) is 6.61 Å². The lowest BCUT2D eigenvalue weighted by Crippen LogP contribution is -1.82. The van der Waals surface area contributed by atoms with Gasteiger partial charge in [-0.2, -0.15) is 0 Å². The molecule has 0 atom stereocenters. The van der Waals surface area contributed by atoms with E-state index >= 15 is 0 Å². The number of para-hydroxylation sites is 1. The Morgan fingerprint density at radius 3 is 2.62 bits per heavy atom. The number of aliphatic imine (C=N–C) groups is 3. The first-order chi connectivity index (χ1) is 12.0. The Bertz CT molecular complexity index is 735. The molecule has 0 radical (unpaired) electrons. The van der Waals surface area contributed by atoms with E-state index in [4.69, 9.17) is 4.74 Å². The first-order valence-corrected chi connectivity index (χ1v) is 7.56. The van der Waals surface area contributed by atoms with Crippen molar-refractivity contribution >= 4 is 24.3 Å². The molecule has 1 heterocycles. The lowest BCUT2D eigenvalue weighted by atomic mass is 10.2. The van der Waals surface area contributed by atoms with Crippen molar-refractivity contribution in [2.75, 3.05) is 6.61 Å². The number of benzene rings is 1. The topological polar surface area (TPSA) is 46.3 Å². The van der Waals surface area contributed by atoms with Gasteiger partial charge in [-0.15, -0.1) is 0 Å². The first-order valence-electron chi connectivity index (χ1n) is 7.56. The van der Waals surface area contributed by atoms with Crippen LogP contribution in [0.4, 0.5) is 5.69 Å². The predicted octanol–water partition coefficient (Wildman–Crippen LogP) is 4.56. The summed E-state index contributed by atoms with van der Waals surface area (Å²) in [5.74, 6) is 0. The maximum absolute atomic E-state index is 5.32. The Labute approximate surface area is 142 Å². The average Bonchev–Trinajstić information content (AvgIpc) is 2.61. The highest BCUT2D eigenvalue weighted by Crippen LogP contribution is 2.16. The van der Waals surface area contributed by atoms with Crippen molar-refractivity contribution in [1.82, 2.24) is 0 Å². The van der Waals surface area contributed by atoms with Crippen molar-refractivity contribution in [2.45, 2.75) is 0 Å². The number of nitrogens with zero attached hydrogens (tertiary/aromatic N) is 3. The van der Waals surface area contributed by atoms with Gasteiger partial charge in [0.2, 0.25) is 0 Å². The molecule has 0 saturated heterocycles. The van der Waals surface area contributed by atoms with Crippen LogP contribution in [-0.4, -0.2) is 25.3 Å². The lowest BCUT2D eigenvalue weighted by Gasteiger charge is -1.97. The minimum Gasteiger partial charge on any atom is -0.497 e. The van der Waals surface area contributed by atoms with Gasteiger partial charge in [-0.25, -0.2) is 0 Å². The number of fused-ring (bicyclic) bond motifs is 1. The SMILES string of the molecule is C1=CC=NC=CC=CN=Cc2ccccc2N=CC=CCOC=C1. The zero-order valence-corrected chi connectivity index (χ0v) is 13.3. The number of hydrogen-bond acceptors (Lipinski definition) is 4. The Balaban J connectivity index is 2.15. The van der Waals surface area contributed by atoms with Gasteiger partial charge in [0.05, 0.1) is 11.9 Å². The second kappa shape index (κ2) is 11.3. The van der Waals surface area contributed by atoms with Crippen LogP contribution in [0.1, 0.15) is 5.56 Å². The average molecular weight is 317 g/mol. The summed E-state index contributed by atoms with van der Waals surface area (Å²) in [6.45, 7) is 0.487. The molecule has 0 spiro atoms. The standard InChI is InChI=1S/C20H19N3O/c1-4-12-21-13-5-6-14-22-18-19-10-2-3-11-20(19)23-15-7-9-17-24-16-8-1/h1-16,18H,17H2. The van der Waals surface area contributed by atoms with Crippen LogP contribution in [0.15, 0.2) is 100 Å². The molecule has 4 nitrogen and oxygen atoms in total. The molecule has 0 aromatic heterocycles. The van der Waals surface area contributed by atoms with E-state index in [9.17, 15) is 0 Å². The van der Waals surface area contributed by atoms with E-state index < -0.39 is 0 Å². The molecule has 24 heavy (non-hydrogen) atoms. The summed E-state index contributed by atoms with van der Waals surface area (Å²) >= 11 is 0. The third-order valence-corrected chi connectivity index (χ3v) is 2.80. The molecular weight excluding hydrogens is 298 g/mol. The van der Waals surface area contributed by atoms with E-state index in [1.807, 2.05) is 60.7 Å². The predicted molar refractivity (Wildman–Crippen MR) is 102 cm³/mol. The van der Waals surface area contributed by atoms with Crippen molar-refractivity contribution in [1.29, 1.82) is 0 Å². The summed E-state index contributed by atoms with van der Waals surface area (Å²) < 4.78 is 5.32. The molecule has 0 N–H and O–H groups in total. The number of ether oxygens (including phenoxy) is 1. The highest BCUT2D eigenvalue weighted by atomic mass is 16.5. The molecule has 0 fully saturated rings. The normalized spacial score (nSPS) is 15.2. The van der Waals surface area contributed by atoms with Crippen molar-refractivity contribution in [3.8, 4) is 0 Å². The maximum atomic E-state index is 5.32. The first kappa shape index (κ1) is 17.1. The minimum atomic E-state index is 0.487. The molecule has 2 rings (SSSR count). The van der Waals surface area contributed by atoms with Crippen molar-refractivity contribution in [3.63, 3.8) is 0 Å². The Morgan fingerprint density at radius 1 is 0.792 bits per heavy atom. The second-order valence-electron chi connectivity index (χ2n) is 4.57. The molecule has 1 aliphatic heterocycles. The highest BCUT2D eigenvalue weighted by Gasteiger charge is 1.94. The van der Waals surface area contributed by atoms with Crippen molar-refractivity contribution in [2.24, 2.45) is 15.0 Å². The van der Waals surface area contributed by atoms with Crippen LogP contribution >= 0.6 is 0 Å². The molecule has 4 heteroatoms.